The van der Waals surface area contributed by atoms with Crippen molar-refractivity contribution in [2.24, 2.45) is 0 Å². The fraction of sp³-hybridized carbons (Fsp3) is 0.250. The molecule has 1 heterocycles. The van der Waals surface area contributed by atoms with Crippen LogP contribution >= 0.6 is 0 Å². The number of nitriles is 1. The van der Waals surface area contributed by atoms with Gasteiger partial charge in [0.05, 0.1) is 12.2 Å². The Morgan fingerprint density at radius 1 is 1.38 bits per heavy atom. The first-order valence-electron chi connectivity index (χ1n) is 6.69. The fourth-order valence-corrected chi connectivity index (χ4v) is 2.12. The summed E-state index contributed by atoms with van der Waals surface area (Å²) in [6, 6.07) is 9.64. The van der Waals surface area contributed by atoms with Crippen LogP contribution in [0.5, 0.6) is 0 Å². The predicted molar refractivity (Wildman–Crippen MR) is 79.1 cm³/mol. The zero-order valence-corrected chi connectivity index (χ0v) is 12.3. The smallest absolute Gasteiger partial charge is 0.293 e. The van der Waals surface area contributed by atoms with Gasteiger partial charge in [0.2, 0.25) is 0 Å². The Balaban J connectivity index is 2.55. The molecule has 0 radical (unpaired) electrons. The molecule has 0 saturated carbocycles. The van der Waals surface area contributed by atoms with Gasteiger partial charge in [0.15, 0.2) is 0 Å². The molecule has 0 aliphatic heterocycles. The number of hydrogen-bond donors (Lipinski definition) is 1. The largest absolute Gasteiger partial charge is 0.311 e. The van der Waals surface area contributed by atoms with Crippen LogP contribution in [-0.4, -0.2) is 17.1 Å². The van der Waals surface area contributed by atoms with E-state index in [1.165, 1.54) is 0 Å². The first kappa shape index (κ1) is 14.8. The van der Waals surface area contributed by atoms with Gasteiger partial charge in [-0.25, -0.2) is 5.48 Å². The molecule has 0 atom stereocenters. The second-order valence-electron chi connectivity index (χ2n) is 4.71. The molecule has 2 rings (SSSR count). The molecule has 1 amide bonds. The van der Waals surface area contributed by atoms with E-state index in [-0.39, 0.29) is 5.69 Å². The molecule has 5 heteroatoms. The average Bonchev–Trinajstić information content (AvgIpc) is 2.91. The van der Waals surface area contributed by atoms with Crippen molar-refractivity contribution in [1.82, 2.24) is 10.0 Å². The zero-order valence-electron chi connectivity index (χ0n) is 12.3. The number of rotatable bonds is 4. The summed E-state index contributed by atoms with van der Waals surface area (Å²) in [6.07, 6.45) is 1.72. The molecule has 0 spiro atoms. The Hall–Kier alpha value is -2.58. The summed E-state index contributed by atoms with van der Waals surface area (Å²) in [7, 11) is 0. The van der Waals surface area contributed by atoms with E-state index in [0.717, 1.165) is 16.8 Å². The third-order valence-electron chi connectivity index (χ3n) is 3.16. The summed E-state index contributed by atoms with van der Waals surface area (Å²) in [6.45, 7) is 6.08. The molecular formula is C16H17N3O2. The van der Waals surface area contributed by atoms with Crippen molar-refractivity contribution in [1.29, 1.82) is 5.26 Å². The lowest BCUT2D eigenvalue weighted by Gasteiger charge is -2.13. The quantitative estimate of drug-likeness (QED) is 0.877. The van der Waals surface area contributed by atoms with Crippen molar-refractivity contribution in [3.8, 4) is 11.8 Å². The molecule has 1 aromatic carbocycles. The van der Waals surface area contributed by atoms with Gasteiger partial charge in [0.25, 0.3) is 5.91 Å². The lowest BCUT2D eigenvalue weighted by atomic mass is 10.1. The van der Waals surface area contributed by atoms with E-state index in [9.17, 15) is 10.1 Å². The van der Waals surface area contributed by atoms with Crippen LogP contribution in [0.4, 0.5) is 0 Å². The Kier molecular flexibility index (Phi) is 4.41. The molecular weight excluding hydrogens is 266 g/mol. The number of aryl methyl sites for hydroxylation is 2. The molecule has 0 aliphatic rings. The van der Waals surface area contributed by atoms with Gasteiger partial charge in [-0.1, -0.05) is 12.1 Å². The second-order valence-corrected chi connectivity index (χ2v) is 4.71. The first-order chi connectivity index (χ1) is 10.1. The summed E-state index contributed by atoms with van der Waals surface area (Å²) in [5.41, 5.74) is 5.91. The molecule has 0 bridgehead atoms. The topological polar surface area (TPSA) is 67.0 Å². The zero-order chi connectivity index (χ0) is 15.4. The van der Waals surface area contributed by atoms with Crippen molar-refractivity contribution < 1.29 is 9.63 Å². The molecule has 0 fully saturated rings. The number of carbonyl (C=O) groups excluding carboxylic acids is 1. The normalized spacial score (nSPS) is 10.2. The van der Waals surface area contributed by atoms with Crippen LogP contribution in [-0.2, 0) is 4.84 Å². The molecule has 21 heavy (non-hydrogen) atoms. The SMILES string of the molecule is CCONC(=O)c1c(C#N)ccn1-c1cc(C)ccc1C. The van der Waals surface area contributed by atoms with Gasteiger partial charge in [-0.3, -0.25) is 9.63 Å². The average molecular weight is 283 g/mol. The number of nitrogens with zero attached hydrogens (tertiary/aromatic N) is 2. The third-order valence-corrected chi connectivity index (χ3v) is 3.16. The number of hydrogen-bond acceptors (Lipinski definition) is 3. The number of nitrogens with one attached hydrogen (secondary N) is 1. The van der Waals surface area contributed by atoms with Crippen LogP contribution in [0.25, 0.3) is 5.69 Å². The summed E-state index contributed by atoms with van der Waals surface area (Å²) in [4.78, 5) is 17.2. The van der Waals surface area contributed by atoms with E-state index in [1.807, 2.05) is 38.1 Å². The summed E-state index contributed by atoms with van der Waals surface area (Å²) < 4.78 is 1.72. The lowest BCUT2D eigenvalue weighted by Crippen LogP contribution is -2.26. The van der Waals surface area contributed by atoms with Crippen molar-refractivity contribution in [2.45, 2.75) is 20.8 Å². The van der Waals surface area contributed by atoms with Gasteiger partial charge in [-0.15, -0.1) is 0 Å². The molecule has 2 aromatic rings. The van der Waals surface area contributed by atoms with E-state index >= 15 is 0 Å². The van der Waals surface area contributed by atoms with Gasteiger partial charge < -0.3 is 4.57 Å². The van der Waals surface area contributed by atoms with Gasteiger partial charge in [0, 0.05) is 11.9 Å². The predicted octanol–water partition coefficient (Wildman–Crippen LogP) is 2.65. The van der Waals surface area contributed by atoms with Crippen LogP contribution in [0.15, 0.2) is 30.5 Å². The van der Waals surface area contributed by atoms with Gasteiger partial charge >= 0.3 is 0 Å². The van der Waals surface area contributed by atoms with Gasteiger partial charge in [0.1, 0.15) is 11.8 Å². The minimum atomic E-state index is -0.431. The Morgan fingerprint density at radius 3 is 2.81 bits per heavy atom. The standard InChI is InChI=1S/C16H17N3O2/c1-4-21-18-16(20)15-13(10-17)7-8-19(15)14-9-11(2)5-6-12(14)3/h5-9H,4H2,1-3H3,(H,18,20). The van der Waals surface area contributed by atoms with E-state index in [4.69, 9.17) is 4.84 Å². The minimum absolute atomic E-state index is 0.277. The summed E-state index contributed by atoms with van der Waals surface area (Å²) >= 11 is 0. The minimum Gasteiger partial charge on any atom is -0.311 e. The number of carbonyl (C=O) groups is 1. The Bertz CT molecular complexity index is 711. The highest BCUT2D eigenvalue weighted by molar-refractivity contribution is 5.95. The summed E-state index contributed by atoms with van der Waals surface area (Å²) in [5, 5.41) is 9.19. The van der Waals surface area contributed by atoms with Crippen molar-refractivity contribution in [3.05, 3.63) is 52.8 Å². The van der Waals surface area contributed by atoms with E-state index in [1.54, 1.807) is 23.8 Å². The number of benzene rings is 1. The monoisotopic (exact) mass is 283 g/mol. The highest BCUT2D eigenvalue weighted by Gasteiger charge is 2.19. The van der Waals surface area contributed by atoms with E-state index in [0.29, 0.717) is 12.2 Å². The van der Waals surface area contributed by atoms with Crippen LogP contribution in [0.3, 0.4) is 0 Å². The number of aromatic nitrogens is 1. The maximum absolute atomic E-state index is 12.2. The van der Waals surface area contributed by atoms with Crippen LogP contribution < -0.4 is 5.48 Å². The summed E-state index contributed by atoms with van der Waals surface area (Å²) in [5.74, 6) is -0.431. The van der Waals surface area contributed by atoms with Gasteiger partial charge in [-0.2, -0.15) is 5.26 Å². The lowest BCUT2D eigenvalue weighted by molar-refractivity contribution is 0.0358. The third kappa shape index (κ3) is 2.96. The van der Waals surface area contributed by atoms with Crippen molar-refractivity contribution in [3.63, 3.8) is 0 Å². The van der Waals surface area contributed by atoms with E-state index in [2.05, 4.69) is 5.48 Å². The van der Waals surface area contributed by atoms with Crippen LogP contribution in [0, 0.1) is 25.2 Å². The second kappa shape index (κ2) is 6.25. The van der Waals surface area contributed by atoms with Crippen LogP contribution in [0.1, 0.15) is 34.1 Å². The maximum Gasteiger partial charge on any atom is 0.293 e. The molecule has 1 aromatic heterocycles. The molecule has 0 unspecified atom stereocenters. The fourth-order valence-electron chi connectivity index (χ4n) is 2.12. The molecule has 0 aliphatic carbocycles. The number of hydroxylamine groups is 1. The number of amides is 1. The highest BCUT2D eigenvalue weighted by Crippen LogP contribution is 2.21. The maximum atomic E-state index is 12.2. The molecule has 5 nitrogen and oxygen atoms in total. The Labute approximate surface area is 123 Å². The molecule has 1 N–H and O–H groups in total. The van der Waals surface area contributed by atoms with Gasteiger partial charge in [-0.05, 0) is 44.0 Å². The highest BCUT2D eigenvalue weighted by atomic mass is 16.6. The van der Waals surface area contributed by atoms with Crippen molar-refractivity contribution in [2.75, 3.05) is 6.61 Å². The molecule has 108 valence electrons. The first-order valence-corrected chi connectivity index (χ1v) is 6.69. The van der Waals surface area contributed by atoms with Crippen LogP contribution in [0.2, 0.25) is 0 Å². The Morgan fingerprint density at radius 2 is 2.14 bits per heavy atom. The van der Waals surface area contributed by atoms with E-state index < -0.39 is 5.91 Å². The van der Waals surface area contributed by atoms with Crippen molar-refractivity contribution >= 4 is 5.91 Å². The molecule has 0 saturated heterocycles.